The lowest BCUT2D eigenvalue weighted by Crippen LogP contribution is -2.37. The van der Waals surface area contributed by atoms with Crippen LogP contribution in [0, 0.1) is 11.6 Å². The van der Waals surface area contributed by atoms with E-state index in [0.29, 0.717) is 26.2 Å². The third-order valence-electron chi connectivity index (χ3n) is 4.92. The van der Waals surface area contributed by atoms with E-state index in [2.05, 4.69) is 15.1 Å². The summed E-state index contributed by atoms with van der Waals surface area (Å²) in [6.45, 7) is 3.25. The van der Waals surface area contributed by atoms with E-state index in [1.807, 2.05) is 18.2 Å². The van der Waals surface area contributed by atoms with Gasteiger partial charge in [0, 0.05) is 31.7 Å². The minimum atomic E-state index is -0.366. The number of H-pyrrole nitrogens is 1. The van der Waals surface area contributed by atoms with Gasteiger partial charge in [-0.25, -0.2) is 8.78 Å². The fourth-order valence-corrected chi connectivity index (χ4v) is 3.38. The molecule has 5 nitrogen and oxygen atoms in total. The van der Waals surface area contributed by atoms with E-state index in [1.165, 1.54) is 18.2 Å². The van der Waals surface area contributed by atoms with E-state index in [1.54, 1.807) is 18.2 Å². The number of nitrogens with one attached hydrogen (secondary N) is 1. The van der Waals surface area contributed by atoms with Crippen molar-refractivity contribution in [2.75, 3.05) is 26.3 Å². The lowest BCUT2D eigenvalue weighted by atomic mass is 10.1. The zero-order chi connectivity index (χ0) is 20.1. The average molecular weight is 399 g/mol. The van der Waals surface area contributed by atoms with Gasteiger partial charge in [-0.15, -0.1) is 0 Å². The highest BCUT2D eigenvalue weighted by Gasteiger charge is 2.24. The van der Waals surface area contributed by atoms with Crippen LogP contribution in [0.5, 0.6) is 5.75 Å². The Morgan fingerprint density at radius 2 is 1.97 bits per heavy atom. The Kier molecular flexibility index (Phi) is 6.17. The van der Waals surface area contributed by atoms with Crippen molar-refractivity contribution in [1.29, 1.82) is 0 Å². The summed E-state index contributed by atoms with van der Waals surface area (Å²) in [5.74, 6) is -0.342. The van der Waals surface area contributed by atoms with Crippen LogP contribution in [0.2, 0.25) is 0 Å². The molecule has 2 heterocycles. The minimum absolute atomic E-state index is 0.123. The molecular formula is C22H23F2N3O2. The molecule has 7 heteroatoms. The van der Waals surface area contributed by atoms with Gasteiger partial charge in [-0.2, -0.15) is 5.10 Å². The topological polar surface area (TPSA) is 50.4 Å². The second kappa shape index (κ2) is 9.15. The highest BCUT2D eigenvalue weighted by atomic mass is 19.1. The molecule has 1 atom stereocenters. The van der Waals surface area contributed by atoms with Crippen molar-refractivity contribution >= 4 is 0 Å². The molecule has 0 radical (unpaired) electrons. The van der Waals surface area contributed by atoms with Crippen LogP contribution in [0.1, 0.15) is 23.1 Å². The van der Waals surface area contributed by atoms with Gasteiger partial charge in [-0.05, 0) is 35.9 Å². The predicted molar refractivity (Wildman–Crippen MR) is 105 cm³/mol. The van der Waals surface area contributed by atoms with Crippen LogP contribution < -0.4 is 4.74 Å². The van der Waals surface area contributed by atoms with Crippen molar-refractivity contribution in [2.45, 2.75) is 19.1 Å². The first-order valence-corrected chi connectivity index (χ1v) is 9.67. The van der Waals surface area contributed by atoms with Crippen molar-refractivity contribution in [3.63, 3.8) is 0 Å². The van der Waals surface area contributed by atoms with E-state index in [0.717, 1.165) is 30.0 Å². The van der Waals surface area contributed by atoms with Gasteiger partial charge in [0.15, 0.2) is 11.6 Å². The van der Waals surface area contributed by atoms with E-state index in [4.69, 9.17) is 9.47 Å². The maximum atomic E-state index is 13.6. The van der Waals surface area contributed by atoms with Crippen molar-refractivity contribution in [3.8, 4) is 5.75 Å². The lowest BCUT2D eigenvalue weighted by Gasteiger charge is -2.32. The molecular weight excluding hydrogens is 376 g/mol. The summed E-state index contributed by atoms with van der Waals surface area (Å²) in [6.07, 6.45) is 0.467. The number of hydrogen-bond acceptors (Lipinski definition) is 4. The zero-order valence-corrected chi connectivity index (χ0v) is 16.0. The fourth-order valence-electron chi connectivity index (χ4n) is 3.38. The van der Waals surface area contributed by atoms with Gasteiger partial charge in [0.2, 0.25) is 0 Å². The van der Waals surface area contributed by atoms with Crippen LogP contribution >= 0.6 is 0 Å². The third-order valence-corrected chi connectivity index (χ3v) is 4.92. The van der Waals surface area contributed by atoms with E-state index in [-0.39, 0.29) is 23.5 Å². The molecule has 1 aromatic heterocycles. The quantitative estimate of drug-likeness (QED) is 0.655. The first-order chi connectivity index (χ1) is 14.2. The number of aromatic nitrogens is 2. The monoisotopic (exact) mass is 399 g/mol. The van der Waals surface area contributed by atoms with Gasteiger partial charge in [0.1, 0.15) is 11.9 Å². The van der Waals surface area contributed by atoms with Gasteiger partial charge in [0.25, 0.3) is 0 Å². The van der Waals surface area contributed by atoms with E-state index >= 15 is 0 Å². The van der Waals surface area contributed by atoms with Crippen LogP contribution in [0.25, 0.3) is 0 Å². The summed E-state index contributed by atoms with van der Waals surface area (Å²) < 4.78 is 38.1. The molecule has 1 fully saturated rings. The highest BCUT2D eigenvalue weighted by molar-refractivity contribution is 5.23. The number of rotatable bonds is 7. The molecule has 1 unspecified atom stereocenters. The second-order valence-corrected chi connectivity index (χ2v) is 7.07. The second-order valence-electron chi connectivity index (χ2n) is 7.07. The van der Waals surface area contributed by atoms with Crippen LogP contribution in [-0.4, -0.2) is 41.4 Å². The first-order valence-electron chi connectivity index (χ1n) is 9.67. The van der Waals surface area contributed by atoms with Crippen LogP contribution in [-0.2, 0) is 17.7 Å². The summed E-state index contributed by atoms with van der Waals surface area (Å²) >= 11 is 0. The molecule has 0 amide bonds. The molecule has 1 aliphatic rings. The third kappa shape index (κ3) is 5.19. The van der Waals surface area contributed by atoms with Gasteiger partial charge in [-0.3, -0.25) is 10.00 Å². The molecule has 3 aromatic rings. The van der Waals surface area contributed by atoms with Gasteiger partial charge in [0.05, 0.1) is 18.9 Å². The zero-order valence-electron chi connectivity index (χ0n) is 16.0. The van der Waals surface area contributed by atoms with Gasteiger partial charge < -0.3 is 9.47 Å². The van der Waals surface area contributed by atoms with Crippen molar-refractivity contribution in [1.82, 2.24) is 15.1 Å². The number of hydrogen-bond donors (Lipinski definition) is 1. The Bertz CT molecular complexity index is 930. The largest absolute Gasteiger partial charge is 0.490 e. The first kappa shape index (κ1) is 19.5. The summed E-state index contributed by atoms with van der Waals surface area (Å²) in [5, 5.41) is 7.39. The van der Waals surface area contributed by atoms with Crippen LogP contribution in [0.4, 0.5) is 8.78 Å². The van der Waals surface area contributed by atoms with Gasteiger partial charge in [-0.1, -0.05) is 24.3 Å². The molecule has 0 bridgehead atoms. The molecule has 1 aliphatic heterocycles. The number of halogens is 2. The predicted octanol–water partition coefficient (Wildman–Crippen LogP) is 3.88. The number of benzene rings is 2. The number of nitrogens with zero attached hydrogens (tertiary/aromatic N) is 2. The molecule has 29 heavy (non-hydrogen) atoms. The molecule has 0 aliphatic carbocycles. The van der Waals surface area contributed by atoms with Crippen molar-refractivity contribution in [2.24, 2.45) is 0 Å². The maximum absolute atomic E-state index is 13.6. The van der Waals surface area contributed by atoms with Crippen LogP contribution in [0.3, 0.4) is 0 Å². The Balaban J connectivity index is 1.30. The minimum Gasteiger partial charge on any atom is -0.490 e. The Morgan fingerprint density at radius 1 is 1.14 bits per heavy atom. The van der Waals surface area contributed by atoms with Crippen molar-refractivity contribution < 1.29 is 18.3 Å². The Morgan fingerprint density at radius 3 is 2.79 bits per heavy atom. The maximum Gasteiger partial charge on any atom is 0.165 e. The Labute approximate surface area is 168 Å². The SMILES string of the molecule is Fc1ccc(CN2CCOC(c3cc(CCOc4ccccc4F)[nH]n3)C2)cc1. The fraction of sp³-hybridized carbons (Fsp3) is 0.318. The van der Waals surface area contributed by atoms with E-state index in [9.17, 15) is 8.78 Å². The molecule has 0 spiro atoms. The summed E-state index contributed by atoms with van der Waals surface area (Å²) in [4.78, 5) is 2.27. The molecule has 152 valence electrons. The molecule has 0 saturated carbocycles. The molecule has 1 saturated heterocycles. The molecule has 2 aromatic carbocycles. The highest BCUT2D eigenvalue weighted by Crippen LogP contribution is 2.23. The number of para-hydroxylation sites is 1. The van der Waals surface area contributed by atoms with Crippen molar-refractivity contribution in [3.05, 3.63) is 83.2 Å². The standard InChI is InChI=1S/C22H23F2N3O2/c23-17-7-5-16(6-8-17)14-27-10-12-29-22(15-27)20-13-18(25-26-20)9-11-28-21-4-2-1-3-19(21)24/h1-8,13,22H,9-12,14-15H2,(H,25,26). The number of ether oxygens (including phenoxy) is 2. The van der Waals surface area contributed by atoms with E-state index < -0.39 is 0 Å². The van der Waals surface area contributed by atoms with Gasteiger partial charge >= 0.3 is 0 Å². The summed E-state index contributed by atoms with van der Waals surface area (Å²) in [7, 11) is 0. The molecule has 4 rings (SSSR count). The van der Waals surface area contributed by atoms with Crippen LogP contribution in [0.15, 0.2) is 54.6 Å². The smallest absolute Gasteiger partial charge is 0.165 e. The summed E-state index contributed by atoms with van der Waals surface area (Å²) in [6, 6.07) is 14.9. The lowest BCUT2D eigenvalue weighted by molar-refractivity contribution is -0.0350. The number of aromatic amines is 1. The number of morpholine rings is 1. The summed E-state index contributed by atoms with van der Waals surface area (Å²) in [5.41, 5.74) is 2.82. The normalized spacial score (nSPS) is 17.4. The molecule has 1 N–H and O–H groups in total. The average Bonchev–Trinajstić information content (AvgIpc) is 3.20. The Hall–Kier alpha value is -2.77.